The fourth-order valence-corrected chi connectivity index (χ4v) is 5.26. The quantitative estimate of drug-likeness (QED) is 0.602. The molecule has 0 spiro atoms. The minimum atomic E-state index is 0.618. The summed E-state index contributed by atoms with van der Waals surface area (Å²) in [7, 11) is 0. The van der Waals surface area contributed by atoms with E-state index >= 15 is 0 Å². The molecule has 3 aromatic heterocycles. The number of hydrogen-bond donors (Lipinski definition) is 1. The molecule has 31 heavy (non-hydrogen) atoms. The summed E-state index contributed by atoms with van der Waals surface area (Å²) in [6.07, 6.45) is 17.4. The molecule has 0 saturated carbocycles. The molecule has 7 nitrogen and oxygen atoms in total. The number of nitrogens with one attached hydrogen (secondary N) is 1. The summed E-state index contributed by atoms with van der Waals surface area (Å²) < 4.78 is 2.07. The third kappa shape index (κ3) is 5.21. The Hall–Kier alpha value is -2.54. The van der Waals surface area contributed by atoms with Crippen LogP contribution in [0.1, 0.15) is 67.1 Å². The van der Waals surface area contributed by atoms with Gasteiger partial charge in [-0.1, -0.05) is 11.3 Å². The Morgan fingerprint density at radius 2 is 2.10 bits per heavy atom. The second-order valence-corrected chi connectivity index (χ2v) is 9.26. The van der Waals surface area contributed by atoms with Crippen molar-refractivity contribution in [1.29, 1.82) is 0 Å². The number of rotatable bonds is 8. The zero-order valence-electron chi connectivity index (χ0n) is 18.3. The van der Waals surface area contributed by atoms with Gasteiger partial charge >= 0.3 is 0 Å². The molecular weight excluding hydrogens is 386 g/mol. The van der Waals surface area contributed by atoms with Gasteiger partial charge in [-0.05, 0) is 82.0 Å². The van der Waals surface area contributed by atoms with Gasteiger partial charge in [-0.15, -0.1) is 5.10 Å². The van der Waals surface area contributed by atoms with Crippen molar-refractivity contribution in [3.63, 3.8) is 0 Å². The number of aromatic amines is 1. The summed E-state index contributed by atoms with van der Waals surface area (Å²) in [5.74, 6) is 1.31. The summed E-state index contributed by atoms with van der Waals surface area (Å²) in [6, 6.07) is 4.32. The van der Waals surface area contributed by atoms with Crippen LogP contribution in [0.3, 0.4) is 0 Å². The third-order valence-corrected chi connectivity index (χ3v) is 6.98. The van der Waals surface area contributed by atoms with Gasteiger partial charge in [0, 0.05) is 49.0 Å². The Bertz CT molecular complexity index is 941. The van der Waals surface area contributed by atoms with Crippen molar-refractivity contribution in [2.45, 2.75) is 70.4 Å². The smallest absolute Gasteiger partial charge is 0.0922 e. The lowest BCUT2D eigenvalue weighted by molar-refractivity contribution is 0.163. The van der Waals surface area contributed by atoms with Crippen molar-refractivity contribution in [2.24, 2.45) is 5.92 Å². The maximum Gasteiger partial charge on any atom is 0.0922 e. The van der Waals surface area contributed by atoms with Gasteiger partial charge in [-0.3, -0.25) is 14.6 Å². The van der Waals surface area contributed by atoms with Crippen LogP contribution in [0.5, 0.6) is 0 Å². The number of nitrogens with zero attached hydrogens (tertiary/aromatic N) is 6. The van der Waals surface area contributed by atoms with Crippen molar-refractivity contribution in [1.82, 2.24) is 34.8 Å². The van der Waals surface area contributed by atoms with Crippen LogP contribution < -0.4 is 0 Å². The lowest BCUT2D eigenvalue weighted by Gasteiger charge is -2.31. The minimum absolute atomic E-state index is 0.618. The Morgan fingerprint density at radius 1 is 1.16 bits per heavy atom. The van der Waals surface area contributed by atoms with Gasteiger partial charge < -0.3 is 4.98 Å². The number of likely N-dealkylation sites (tertiary alicyclic amines) is 1. The van der Waals surface area contributed by atoms with Gasteiger partial charge in [-0.2, -0.15) is 0 Å². The Labute approximate surface area is 184 Å². The van der Waals surface area contributed by atoms with Crippen molar-refractivity contribution in [3.05, 3.63) is 59.7 Å². The molecule has 3 aromatic rings. The molecule has 1 aliphatic heterocycles. The van der Waals surface area contributed by atoms with Crippen molar-refractivity contribution in [2.75, 3.05) is 13.1 Å². The summed E-state index contributed by atoms with van der Waals surface area (Å²) in [5.41, 5.74) is 5.14. The molecule has 164 valence electrons. The van der Waals surface area contributed by atoms with E-state index in [2.05, 4.69) is 53.2 Å². The van der Waals surface area contributed by atoms with E-state index in [1.165, 1.54) is 55.5 Å². The summed E-state index contributed by atoms with van der Waals surface area (Å²) in [6.45, 7) is 4.25. The Kier molecular flexibility index (Phi) is 6.39. The van der Waals surface area contributed by atoms with Crippen molar-refractivity contribution in [3.8, 4) is 0 Å². The monoisotopic (exact) mass is 419 g/mol. The predicted octanol–water partition coefficient (Wildman–Crippen LogP) is 3.75. The van der Waals surface area contributed by atoms with E-state index in [9.17, 15) is 0 Å². The molecule has 5 rings (SSSR count). The second-order valence-electron chi connectivity index (χ2n) is 9.26. The standard InChI is InChI=1S/C24H33N7/c1-4-20(24-21(5-1)7-3-11-26-24)6-2-8-22-17-31(29-28-22)15-19-9-12-30(13-10-19)16-23-14-25-18-27-23/h3,7,11,14,17-20H,1-2,4-6,8-10,12-13,15-16H2,(H,25,27). The number of imidazole rings is 1. The fourth-order valence-electron chi connectivity index (χ4n) is 5.26. The van der Waals surface area contributed by atoms with Gasteiger partial charge in [0.1, 0.15) is 0 Å². The predicted molar refractivity (Wildman–Crippen MR) is 119 cm³/mol. The molecule has 1 N–H and O–H groups in total. The minimum Gasteiger partial charge on any atom is -0.347 e. The van der Waals surface area contributed by atoms with E-state index in [0.717, 1.165) is 44.7 Å². The van der Waals surface area contributed by atoms with Gasteiger partial charge in [0.2, 0.25) is 0 Å². The van der Waals surface area contributed by atoms with Gasteiger partial charge in [0.15, 0.2) is 0 Å². The summed E-state index contributed by atoms with van der Waals surface area (Å²) in [4.78, 5) is 14.5. The van der Waals surface area contributed by atoms with Crippen LogP contribution in [0.4, 0.5) is 0 Å². The molecule has 2 aliphatic rings. The highest BCUT2D eigenvalue weighted by atomic mass is 15.4. The van der Waals surface area contributed by atoms with Gasteiger partial charge in [-0.25, -0.2) is 4.98 Å². The van der Waals surface area contributed by atoms with Gasteiger partial charge in [0.25, 0.3) is 0 Å². The molecule has 7 heteroatoms. The first kappa shape index (κ1) is 20.4. The molecule has 1 saturated heterocycles. The van der Waals surface area contributed by atoms with Gasteiger partial charge in [0.05, 0.1) is 12.0 Å². The van der Waals surface area contributed by atoms with Crippen LogP contribution >= 0.6 is 0 Å². The first-order valence-electron chi connectivity index (χ1n) is 11.9. The van der Waals surface area contributed by atoms with E-state index in [0.29, 0.717) is 11.8 Å². The molecule has 1 fully saturated rings. The van der Waals surface area contributed by atoms with E-state index in [4.69, 9.17) is 0 Å². The molecule has 0 aromatic carbocycles. The Balaban J connectivity index is 1.05. The molecule has 0 radical (unpaired) electrons. The fraction of sp³-hybridized carbons (Fsp3) is 0.583. The maximum absolute atomic E-state index is 4.68. The lowest BCUT2D eigenvalue weighted by atomic mass is 9.83. The van der Waals surface area contributed by atoms with E-state index in [1.54, 1.807) is 6.33 Å². The average molecular weight is 420 g/mol. The first-order valence-corrected chi connectivity index (χ1v) is 11.9. The highest BCUT2D eigenvalue weighted by molar-refractivity contribution is 5.25. The normalized spacial score (nSPS) is 20.1. The van der Waals surface area contributed by atoms with E-state index < -0.39 is 0 Å². The molecule has 0 amide bonds. The number of aryl methyl sites for hydroxylation is 2. The van der Waals surface area contributed by atoms with Crippen LogP contribution in [0.15, 0.2) is 37.1 Å². The van der Waals surface area contributed by atoms with E-state index in [-0.39, 0.29) is 0 Å². The molecular formula is C24H33N7. The van der Waals surface area contributed by atoms with Crippen molar-refractivity contribution >= 4 is 0 Å². The second kappa shape index (κ2) is 9.73. The first-order chi connectivity index (χ1) is 15.3. The molecule has 1 aliphatic carbocycles. The number of aromatic nitrogens is 6. The van der Waals surface area contributed by atoms with Crippen LogP contribution in [-0.2, 0) is 25.9 Å². The number of piperidine rings is 1. The summed E-state index contributed by atoms with van der Waals surface area (Å²) in [5, 5.41) is 8.87. The molecule has 0 bridgehead atoms. The van der Waals surface area contributed by atoms with Crippen LogP contribution in [-0.4, -0.2) is 47.9 Å². The lowest BCUT2D eigenvalue weighted by Crippen LogP contribution is -2.34. The van der Waals surface area contributed by atoms with Crippen molar-refractivity contribution < 1.29 is 0 Å². The van der Waals surface area contributed by atoms with Crippen LogP contribution in [0.25, 0.3) is 0 Å². The number of fused-ring (bicyclic) bond motifs is 1. The van der Waals surface area contributed by atoms with Crippen LogP contribution in [0.2, 0.25) is 0 Å². The third-order valence-electron chi connectivity index (χ3n) is 6.98. The zero-order valence-corrected chi connectivity index (χ0v) is 18.3. The number of H-pyrrole nitrogens is 1. The average Bonchev–Trinajstić information content (AvgIpc) is 3.48. The molecule has 1 atom stereocenters. The number of pyridine rings is 1. The highest BCUT2D eigenvalue weighted by Crippen LogP contribution is 2.33. The maximum atomic E-state index is 4.68. The largest absolute Gasteiger partial charge is 0.347 e. The topological polar surface area (TPSA) is 75.5 Å². The highest BCUT2D eigenvalue weighted by Gasteiger charge is 2.22. The zero-order chi connectivity index (χ0) is 20.9. The molecule has 4 heterocycles. The van der Waals surface area contributed by atoms with Crippen LogP contribution in [0, 0.1) is 5.92 Å². The number of hydrogen-bond acceptors (Lipinski definition) is 5. The SMILES string of the molecule is c1cnc2c(c1)CCCC2CCCc1cn(CC2CCN(Cc3cnc[nH]3)CC2)nn1. The van der Waals surface area contributed by atoms with E-state index in [1.807, 2.05) is 12.4 Å². The Morgan fingerprint density at radius 3 is 2.97 bits per heavy atom. The molecule has 1 unspecified atom stereocenters. The summed E-state index contributed by atoms with van der Waals surface area (Å²) >= 11 is 0.